The van der Waals surface area contributed by atoms with Gasteiger partial charge >= 0.3 is 0 Å². The van der Waals surface area contributed by atoms with Gasteiger partial charge in [-0.15, -0.1) is 0 Å². The van der Waals surface area contributed by atoms with Gasteiger partial charge in [0.25, 0.3) is 0 Å². The number of hydrogen-bond acceptors (Lipinski definition) is 3. The summed E-state index contributed by atoms with van der Waals surface area (Å²) in [4.78, 5) is 0. The maximum absolute atomic E-state index is 5.81. The van der Waals surface area contributed by atoms with Crippen molar-refractivity contribution in [3.8, 4) is 0 Å². The van der Waals surface area contributed by atoms with Crippen LogP contribution in [-0.2, 0) is 11.3 Å². The van der Waals surface area contributed by atoms with E-state index in [4.69, 9.17) is 10.5 Å². The second-order valence-electron chi connectivity index (χ2n) is 4.27. The Kier molecular flexibility index (Phi) is 7.34. The summed E-state index contributed by atoms with van der Waals surface area (Å²) in [6, 6.07) is 8.65. The van der Waals surface area contributed by atoms with Crippen molar-refractivity contribution < 1.29 is 4.74 Å². The Bertz CT molecular complexity index is 346. The second kappa shape index (κ2) is 8.86. The zero-order chi connectivity index (χ0) is 13.2. The molecule has 1 aromatic rings. The van der Waals surface area contributed by atoms with Gasteiger partial charge in [-0.25, -0.2) is 0 Å². The Morgan fingerprint density at radius 1 is 1.33 bits per heavy atom. The molecule has 0 amide bonds. The molecule has 1 rings (SSSR count). The summed E-state index contributed by atoms with van der Waals surface area (Å²) in [5, 5.41) is 3.46. The van der Waals surface area contributed by atoms with Gasteiger partial charge < -0.3 is 15.8 Å². The van der Waals surface area contributed by atoms with Crippen LogP contribution in [-0.4, -0.2) is 20.2 Å². The van der Waals surface area contributed by atoms with Gasteiger partial charge in [-0.2, -0.15) is 0 Å². The molecule has 3 nitrogen and oxygen atoms in total. The molecule has 0 spiro atoms. The summed E-state index contributed by atoms with van der Waals surface area (Å²) in [7, 11) is 1.71. The number of rotatable bonds is 8. The molecular formula is C15H24N2O. The van der Waals surface area contributed by atoms with E-state index >= 15 is 0 Å². The van der Waals surface area contributed by atoms with E-state index in [1.807, 2.05) is 6.92 Å². The van der Waals surface area contributed by atoms with Crippen LogP contribution in [0.5, 0.6) is 0 Å². The Balaban J connectivity index is 2.53. The SMILES string of the molecule is C/C=C/CCNC(CN)c1ccc(COC)cc1. The smallest absolute Gasteiger partial charge is 0.0713 e. The molecular weight excluding hydrogens is 224 g/mol. The zero-order valence-electron chi connectivity index (χ0n) is 11.4. The average molecular weight is 248 g/mol. The molecule has 3 N–H and O–H groups in total. The van der Waals surface area contributed by atoms with Crippen molar-refractivity contribution in [3.63, 3.8) is 0 Å². The van der Waals surface area contributed by atoms with Crippen molar-refractivity contribution in [2.45, 2.75) is 26.0 Å². The maximum atomic E-state index is 5.81. The summed E-state index contributed by atoms with van der Waals surface area (Å²) in [5.41, 5.74) is 8.23. The van der Waals surface area contributed by atoms with Gasteiger partial charge in [0.15, 0.2) is 0 Å². The largest absolute Gasteiger partial charge is 0.380 e. The third-order valence-corrected chi connectivity index (χ3v) is 2.87. The molecule has 0 saturated carbocycles. The van der Waals surface area contributed by atoms with Crippen molar-refractivity contribution in [3.05, 3.63) is 47.5 Å². The second-order valence-corrected chi connectivity index (χ2v) is 4.27. The fourth-order valence-corrected chi connectivity index (χ4v) is 1.86. The molecule has 0 aliphatic heterocycles. The van der Waals surface area contributed by atoms with Crippen LogP contribution >= 0.6 is 0 Å². The van der Waals surface area contributed by atoms with Crippen LogP contribution < -0.4 is 11.1 Å². The zero-order valence-corrected chi connectivity index (χ0v) is 11.4. The van der Waals surface area contributed by atoms with E-state index in [1.165, 1.54) is 11.1 Å². The number of nitrogens with one attached hydrogen (secondary N) is 1. The van der Waals surface area contributed by atoms with E-state index in [0.717, 1.165) is 13.0 Å². The first-order valence-electron chi connectivity index (χ1n) is 6.44. The Morgan fingerprint density at radius 3 is 2.61 bits per heavy atom. The Morgan fingerprint density at radius 2 is 2.06 bits per heavy atom. The summed E-state index contributed by atoms with van der Waals surface area (Å²) in [6.45, 7) is 4.25. The normalized spacial score (nSPS) is 13.1. The summed E-state index contributed by atoms with van der Waals surface area (Å²) >= 11 is 0. The first-order chi connectivity index (χ1) is 8.81. The summed E-state index contributed by atoms with van der Waals surface area (Å²) in [5.74, 6) is 0. The number of allylic oxidation sites excluding steroid dienone is 1. The van der Waals surface area contributed by atoms with Crippen molar-refractivity contribution in [2.75, 3.05) is 20.2 Å². The van der Waals surface area contributed by atoms with Gasteiger partial charge in [-0.3, -0.25) is 0 Å². The quantitative estimate of drug-likeness (QED) is 0.548. The van der Waals surface area contributed by atoms with Crippen LogP contribution in [0.2, 0.25) is 0 Å². The van der Waals surface area contributed by atoms with Gasteiger partial charge in [-0.05, 0) is 31.0 Å². The topological polar surface area (TPSA) is 47.3 Å². The Hall–Kier alpha value is -1.16. The third-order valence-electron chi connectivity index (χ3n) is 2.87. The minimum Gasteiger partial charge on any atom is -0.380 e. The highest BCUT2D eigenvalue weighted by atomic mass is 16.5. The lowest BCUT2D eigenvalue weighted by atomic mass is 10.0. The number of benzene rings is 1. The van der Waals surface area contributed by atoms with Crippen molar-refractivity contribution >= 4 is 0 Å². The highest BCUT2D eigenvalue weighted by Crippen LogP contribution is 2.13. The lowest BCUT2D eigenvalue weighted by Gasteiger charge is -2.17. The monoisotopic (exact) mass is 248 g/mol. The predicted octanol–water partition coefficient (Wildman–Crippen LogP) is 2.39. The van der Waals surface area contributed by atoms with Crippen LogP contribution in [0.3, 0.4) is 0 Å². The van der Waals surface area contributed by atoms with Crippen molar-refractivity contribution in [2.24, 2.45) is 5.73 Å². The van der Waals surface area contributed by atoms with E-state index in [1.54, 1.807) is 7.11 Å². The standard InChI is InChI=1S/C15H24N2O/c1-3-4-5-10-17-15(11-16)14-8-6-13(7-9-14)12-18-2/h3-4,6-9,15,17H,5,10-12,16H2,1-2H3/b4-3+. The lowest BCUT2D eigenvalue weighted by Crippen LogP contribution is -2.28. The summed E-state index contributed by atoms with van der Waals surface area (Å²) in [6.07, 6.45) is 5.26. The fraction of sp³-hybridized carbons (Fsp3) is 0.467. The number of ether oxygens (including phenoxy) is 1. The van der Waals surface area contributed by atoms with Crippen LogP contribution in [0.1, 0.15) is 30.5 Å². The van der Waals surface area contributed by atoms with Gasteiger partial charge in [0.05, 0.1) is 6.61 Å². The van der Waals surface area contributed by atoms with Crippen molar-refractivity contribution in [1.29, 1.82) is 0 Å². The first kappa shape index (κ1) is 14.9. The van der Waals surface area contributed by atoms with E-state index in [9.17, 15) is 0 Å². The van der Waals surface area contributed by atoms with E-state index in [2.05, 4.69) is 41.7 Å². The highest BCUT2D eigenvalue weighted by Gasteiger charge is 2.07. The van der Waals surface area contributed by atoms with Gasteiger partial charge in [0, 0.05) is 19.7 Å². The van der Waals surface area contributed by atoms with E-state index < -0.39 is 0 Å². The Labute approximate surface area is 110 Å². The molecule has 0 bridgehead atoms. The molecule has 0 aromatic heterocycles. The van der Waals surface area contributed by atoms with Crippen molar-refractivity contribution in [1.82, 2.24) is 5.32 Å². The maximum Gasteiger partial charge on any atom is 0.0713 e. The summed E-state index contributed by atoms with van der Waals surface area (Å²) < 4.78 is 5.10. The molecule has 1 aromatic carbocycles. The molecule has 100 valence electrons. The predicted molar refractivity (Wildman–Crippen MR) is 76.4 cm³/mol. The molecule has 0 aliphatic rings. The van der Waals surface area contributed by atoms with E-state index in [0.29, 0.717) is 13.2 Å². The molecule has 0 saturated heterocycles. The number of hydrogen-bond donors (Lipinski definition) is 2. The first-order valence-corrected chi connectivity index (χ1v) is 6.44. The molecule has 0 radical (unpaired) electrons. The lowest BCUT2D eigenvalue weighted by molar-refractivity contribution is 0.185. The molecule has 1 unspecified atom stereocenters. The minimum atomic E-state index is 0.229. The van der Waals surface area contributed by atoms with Gasteiger partial charge in [0.2, 0.25) is 0 Å². The average Bonchev–Trinajstić information content (AvgIpc) is 2.41. The molecule has 18 heavy (non-hydrogen) atoms. The van der Waals surface area contributed by atoms with Crippen LogP contribution in [0, 0.1) is 0 Å². The van der Waals surface area contributed by atoms with Crippen LogP contribution in [0.25, 0.3) is 0 Å². The van der Waals surface area contributed by atoms with Gasteiger partial charge in [0.1, 0.15) is 0 Å². The van der Waals surface area contributed by atoms with Crippen LogP contribution in [0.15, 0.2) is 36.4 Å². The molecule has 3 heteroatoms. The molecule has 0 aliphatic carbocycles. The fourth-order valence-electron chi connectivity index (χ4n) is 1.86. The minimum absolute atomic E-state index is 0.229. The van der Waals surface area contributed by atoms with E-state index in [-0.39, 0.29) is 6.04 Å². The highest BCUT2D eigenvalue weighted by molar-refractivity contribution is 5.25. The van der Waals surface area contributed by atoms with Crippen LogP contribution in [0.4, 0.5) is 0 Å². The third kappa shape index (κ3) is 5.00. The van der Waals surface area contributed by atoms with Gasteiger partial charge in [-0.1, -0.05) is 36.4 Å². The molecule has 1 atom stereocenters. The molecule has 0 fully saturated rings. The number of methoxy groups -OCH3 is 1. The molecule has 0 heterocycles. The number of nitrogens with two attached hydrogens (primary N) is 1.